The van der Waals surface area contributed by atoms with Crippen LogP contribution < -0.4 is 5.32 Å². The Hall–Kier alpha value is -1.49. The lowest BCUT2D eigenvalue weighted by molar-refractivity contribution is -0.122. The Kier molecular flexibility index (Phi) is 5.62. The van der Waals surface area contributed by atoms with E-state index < -0.39 is 23.1 Å². The lowest BCUT2D eigenvalue weighted by Crippen LogP contribution is -2.45. The summed E-state index contributed by atoms with van der Waals surface area (Å²) >= 11 is 0. The Morgan fingerprint density at radius 1 is 1.45 bits per heavy atom. The molecule has 20 heavy (non-hydrogen) atoms. The summed E-state index contributed by atoms with van der Waals surface area (Å²) in [4.78, 5) is 11.7. The van der Waals surface area contributed by atoms with Gasteiger partial charge < -0.3 is 10.4 Å². The van der Waals surface area contributed by atoms with Crippen molar-refractivity contribution in [2.45, 2.75) is 39.2 Å². The second kappa shape index (κ2) is 6.79. The fraction of sp³-hybridized carbons (Fsp3) is 0.533. The van der Waals surface area contributed by atoms with Crippen molar-refractivity contribution in [3.05, 3.63) is 35.4 Å². The minimum absolute atomic E-state index is 0.0327. The van der Waals surface area contributed by atoms with Crippen LogP contribution >= 0.6 is 0 Å². The van der Waals surface area contributed by atoms with Gasteiger partial charge in [0.1, 0.15) is 11.6 Å². The van der Waals surface area contributed by atoms with Crippen LogP contribution in [0.1, 0.15) is 32.8 Å². The molecule has 112 valence electrons. The fourth-order valence-corrected chi connectivity index (χ4v) is 1.79. The van der Waals surface area contributed by atoms with Crippen molar-refractivity contribution in [3.8, 4) is 0 Å². The van der Waals surface area contributed by atoms with E-state index in [9.17, 15) is 18.7 Å². The number of nitrogens with one attached hydrogen (secondary N) is 1. The molecule has 0 radical (unpaired) electrons. The van der Waals surface area contributed by atoms with E-state index in [4.69, 9.17) is 0 Å². The Morgan fingerprint density at radius 2 is 2.10 bits per heavy atom. The van der Waals surface area contributed by atoms with Crippen molar-refractivity contribution in [1.82, 2.24) is 5.32 Å². The van der Waals surface area contributed by atoms with Gasteiger partial charge in [0.25, 0.3) is 0 Å². The predicted octanol–water partition coefficient (Wildman–Crippen LogP) is 2.42. The monoisotopic (exact) mass is 285 g/mol. The summed E-state index contributed by atoms with van der Waals surface area (Å²) < 4.78 is 26.1. The molecule has 0 heterocycles. The number of benzene rings is 1. The van der Waals surface area contributed by atoms with Gasteiger partial charge in [-0.3, -0.25) is 4.79 Å². The highest BCUT2D eigenvalue weighted by molar-refractivity contribution is 5.78. The molecule has 1 rings (SSSR count). The average Bonchev–Trinajstić information content (AvgIpc) is 2.39. The van der Waals surface area contributed by atoms with E-state index in [1.165, 1.54) is 6.07 Å². The van der Waals surface area contributed by atoms with Crippen molar-refractivity contribution in [3.63, 3.8) is 0 Å². The zero-order valence-electron chi connectivity index (χ0n) is 12.0. The molecule has 3 nitrogen and oxygen atoms in total. The van der Waals surface area contributed by atoms with Crippen LogP contribution in [0.5, 0.6) is 0 Å². The van der Waals surface area contributed by atoms with Gasteiger partial charge in [0.2, 0.25) is 5.91 Å². The van der Waals surface area contributed by atoms with Crippen LogP contribution in [0.3, 0.4) is 0 Å². The molecule has 2 N–H and O–H groups in total. The summed E-state index contributed by atoms with van der Waals surface area (Å²) in [5.41, 5.74) is -0.877. The molecule has 0 aliphatic heterocycles. The molecule has 0 bridgehead atoms. The highest BCUT2D eigenvalue weighted by Gasteiger charge is 2.27. The third kappa shape index (κ3) is 4.56. The molecule has 0 aliphatic carbocycles. The van der Waals surface area contributed by atoms with E-state index in [2.05, 4.69) is 5.32 Å². The highest BCUT2D eigenvalue weighted by atomic mass is 19.1. The SMILES string of the molecule is CCC(C)C(C)(O)CNC(=O)Cc1ccc(F)cc1F. The first-order valence-corrected chi connectivity index (χ1v) is 6.69. The summed E-state index contributed by atoms with van der Waals surface area (Å²) in [6.07, 6.45) is 0.609. The zero-order valence-corrected chi connectivity index (χ0v) is 12.0. The molecular weight excluding hydrogens is 264 g/mol. The van der Waals surface area contributed by atoms with Gasteiger partial charge in [-0.05, 0) is 24.5 Å². The first-order valence-electron chi connectivity index (χ1n) is 6.69. The summed E-state index contributed by atoms with van der Waals surface area (Å²) in [6.45, 7) is 5.60. The van der Waals surface area contributed by atoms with E-state index in [1.54, 1.807) is 6.92 Å². The standard InChI is InChI=1S/C15H21F2NO2/c1-4-10(2)15(3,20)9-18-14(19)7-11-5-6-12(16)8-13(11)17/h5-6,8,10,20H,4,7,9H2,1-3H3,(H,18,19). The van der Waals surface area contributed by atoms with E-state index in [1.807, 2.05) is 13.8 Å². The van der Waals surface area contributed by atoms with Crippen molar-refractivity contribution in [2.75, 3.05) is 6.54 Å². The zero-order chi connectivity index (χ0) is 15.3. The predicted molar refractivity (Wildman–Crippen MR) is 73.2 cm³/mol. The Bertz CT molecular complexity index is 475. The van der Waals surface area contributed by atoms with Crippen molar-refractivity contribution in [1.29, 1.82) is 0 Å². The average molecular weight is 285 g/mol. The third-order valence-corrected chi connectivity index (χ3v) is 3.68. The number of aliphatic hydroxyl groups is 1. The van der Waals surface area contributed by atoms with Crippen molar-refractivity contribution < 1.29 is 18.7 Å². The van der Waals surface area contributed by atoms with E-state index >= 15 is 0 Å². The van der Waals surface area contributed by atoms with Crippen LogP contribution in [-0.2, 0) is 11.2 Å². The second-order valence-corrected chi connectivity index (χ2v) is 5.36. The summed E-state index contributed by atoms with van der Waals surface area (Å²) in [5.74, 6) is -1.79. The Labute approximate surface area is 118 Å². The van der Waals surface area contributed by atoms with Crippen LogP contribution in [0.2, 0.25) is 0 Å². The lowest BCUT2D eigenvalue weighted by Gasteiger charge is -2.29. The number of rotatable bonds is 6. The largest absolute Gasteiger partial charge is 0.388 e. The second-order valence-electron chi connectivity index (χ2n) is 5.36. The molecule has 0 spiro atoms. The van der Waals surface area contributed by atoms with Crippen LogP contribution in [0.4, 0.5) is 8.78 Å². The number of carbonyl (C=O) groups is 1. The maximum Gasteiger partial charge on any atom is 0.224 e. The van der Waals surface area contributed by atoms with Crippen LogP contribution in [-0.4, -0.2) is 23.2 Å². The molecule has 0 aromatic heterocycles. The van der Waals surface area contributed by atoms with E-state index in [0.29, 0.717) is 0 Å². The van der Waals surface area contributed by atoms with Gasteiger partial charge in [0, 0.05) is 12.6 Å². The number of amides is 1. The van der Waals surface area contributed by atoms with Crippen molar-refractivity contribution >= 4 is 5.91 Å². The topological polar surface area (TPSA) is 49.3 Å². The Balaban J connectivity index is 2.56. The minimum Gasteiger partial charge on any atom is -0.388 e. The molecule has 0 saturated carbocycles. The number of halogens is 2. The molecule has 2 atom stereocenters. The van der Waals surface area contributed by atoms with Crippen LogP contribution in [0, 0.1) is 17.6 Å². The maximum atomic E-state index is 13.4. The van der Waals surface area contributed by atoms with Gasteiger partial charge in [-0.2, -0.15) is 0 Å². The minimum atomic E-state index is -1.01. The number of carbonyl (C=O) groups excluding carboxylic acids is 1. The molecule has 1 amide bonds. The van der Waals surface area contributed by atoms with Gasteiger partial charge in [-0.25, -0.2) is 8.78 Å². The van der Waals surface area contributed by atoms with Crippen molar-refractivity contribution in [2.24, 2.45) is 5.92 Å². The lowest BCUT2D eigenvalue weighted by atomic mass is 9.88. The first kappa shape index (κ1) is 16.6. The molecule has 0 saturated heterocycles. The molecule has 2 unspecified atom stereocenters. The molecular formula is C15H21F2NO2. The quantitative estimate of drug-likeness (QED) is 0.843. The molecule has 0 aliphatic rings. The number of hydrogen-bond donors (Lipinski definition) is 2. The summed E-state index contributed by atoms with van der Waals surface area (Å²) in [7, 11) is 0. The fourth-order valence-electron chi connectivity index (χ4n) is 1.79. The number of hydrogen-bond acceptors (Lipinski definition) is 2. The van der Waals surface area contributed by atoms with Gasteiger partial charge in [0.15, 0.2) is 0 Å². The van der Waals surface area contributed by atoms with Gasteiger partial charge in [-0.1, -0.05) is 26.3 Å². The smallest absolute Gasteiger partial charge is 0.224 e. The first-order chi connectivity index (χ1) is 9.26. The Morgan fingerprint density at radius 3 is 2.65 bits per heavy atom. The third-order valence-electron chi connectivity index (χ3n) is 3.68. The van der Waals surface area contributed by atoms with Gasteiger partial charge in [-0.15, -0.1) is 0 Å². The molecule has 5 heteroatoms. The highest BCUT2D eigenvalue weighted by Crippen LogP contribution is 2.19. The van der Waals surface area contributed by atoms with E-state index in [-0.39, 0.29) is 24.4 Å². The maximum absolute atomic E-state index is 13.4. The van der Waals surface area contributed by atoms with Gasteiger partial charge >= 0.3 is 0 Å². The summed E-state index contributed by atoms with van der Waals surface area (Å²) in [5, 5.41) is 12.7. The molecule has 1 aromatic rings. The van der Waals surface area contributed by atoms with E-state index in [0.717, 1.165) is 18.6 Å². The van der Waals surface area contributed by atoms with Gasteiger partial charge in [0.05, 0.1) is 12.0 Å². The van der Waals surface area contributed by atoms with Crippen LogP contribution in [0.25, 0.3) is 0 Å². The normalized spacial score (nSPS) is 15.5. The molecule has 0 fully saturated rings. The van der Waals surface area contributed by atoms with Crippen LogP contribution in [0.15, 0.2) is 18.2 Å². The molecule has 1 aromatic carbocycles. The summed E-state index contributed by atoms with van der Waals surface area (Å²) in [6, 6.07) is 3.11.